The zero-order chi connectivity index (χ0) is 34.1. The lowest BCUT2D eigenvalue weighted by molar-refractivity contribution is -0.146. The van der Waals surface area contributed by atoms with E-state index in [4.69, 9.17) is 15.0 Å². The summed E-state index contributed by atoms with van der Waals surface area (Å²) in [5.41, 5.74) is 8.30. The summed E-state index contributed by atoms with van der Waals surface area (Å²) in [6.45, 7) is 3.76. The molecule has 1 aliphatic heterocycles. The van der Waals surface area contributed by atoms with Gasteiger partial charge < -0.3 is 15.8 Å². The van der Waals surface area contributed by atoms with E-state index in [0.29, 0.717) is 17.6 Å². The first-order chi connectivity index (χ1) is 21.6. The topological polar surface area (TPSA) is 173 Å². The Bertz CT molecular complexity index is 1660. The van der Waals surface area contributed by atoms with Gasteiger partial charge in [-0.05, 0) is 46.9 Å². The number of sulfonamides is 1. The van der Waals surface area contributed by atoms with Crippen LogP contribution in [0.3, 0.4) is 0 Å². The largest absolute Gasteiger partial charge is 0.464 e. The number of nitrogens with zero attached hydrogens (tertiary/aromatic N) is 1. The molecule has 0 aliphatic carbocycles. The highest BCUT2D eigenvalue weighted by molar-refractivity contribution is 8.02. The third-order valence-corrected chi connectivity index (χ3v) is 10.1. The maximum atomic E-state index is 13.6. The molecule has 1 aliphatic rings. The zero-order valence-corrected chi connectivity index (χ0v) is 28.0. The fourth-order valence-electron chi connectivity index (χ4n) is 4.40. The van der Waals surface area contributed by atoms with E-state index >= 15 is 0 Å². The fourth-order valence-corrected chi connectivity index (χ4v) is 7.48. The number of carbonyl (C=O) groups excluding carboxylic acids is 2. The van der Waals surface area contributed by atoms with Gasteiger partial charge in [-0.15, -0.1) is 11.8 Å². The average Bonchev–Trinajstić information content (AvgIpc) is 3.52. The molecule has 3 aromatic carbocycles. The number of ether oxygens (including phenoxy) is 1. The molecule has 3 unspecified atom stereocenters. The predicted molar refractivity (Wildman–Crippen MR) is 175 cm³/mol. The molecule has 11 nitrogen and oxygen atoms in total. The van der Waals surface area contributed by atoms with E-state index in [1.54, 1.807) is 24.3 Å². The summed E-state index contributed by atoms with van der Waals surface area (Å²) >= 11 is 1.23. The van der Waals surface area contributed by atoms with Crippen molar-refractivity contribution < 1.29 is 40.1 Å². The Morgan fingerprint density at radius 2 is 1.57 bits per heavy atom. The first-order valence-corrected chi connectivity index (χ1v) is 18.6. The highest BCUT2D eigenvalue weighted by Crippen LogP contribution is 2.32. The summed E-state index contributed by atoms with van der Waals surface area (Å²) in [5, 5.41) is 1.90. The van der Waals surface area contributed by atoms with Crippen LogP contribution < -0.4 is 11.1 Å². The number of hydrogen-bond donors (Lipinski definition) is 3. The number of hydrogen-bond acceptors (Lipinski definition) is 9. The third-order valence-electron chi connectivity index (χ3n) is 6.87. The second-order valence-corrected chi connectivity index (χ2v) is 15.3. The van der Waals surface area contributed by atoms with Gasteiger partial charge in [-0.1, -0.05) is 68.4 Å². The van der Waals surface area contributed by atoms with Gasteiger partial charge in [0.15, 0.2) is 0 Å². The van der Waals surface area contributed by atoms with E-state index in [9.17, 15) is 30.8 Å². The molecule has 46 heavy (non-hydrogen) atoms. The van der Waals surface area contributed by atoms with Crippen molar-refractivity contribution in [3.63, 3.8) is 0 Å². The van der Waals surface area contributed by atoms with Crippen LogP contribution in [0.2, 0.25) is 0 Å². The minimum atomic E-state index is -3.96. The van der Waals surface area contributed by atoms with Crippen molar-refractivity contribution >= 4 is 43.8 Å². The molecule has 250 valence electrons. The normalized spacial score (nSPS) is 16.6. The SMILES string of the molecule is CC(C)C(N)C(=O)OCCC(NC(=O)C1SCCN1S(=O)(=O)c1ccc(-c2ccccc2)cc1)c1ccc(F)cc1.CS(=O)(=O)O. The van der Waals surface area contributed by atoms with Gasteiger partial charge in [0.05, 0.1) is 23.8 Å². The molecule has 1 heterocycles. The lowest BCUT2D eigenvalue weighted by atomic mass is 10.0. The van der Waals surface area contributed by atoms with Crippen molar-refractivity contribution in [2.45, 2.75) is 42.6 Å². The van der Waals surface area contributed by atoms with Crippen LogP contribution in [0.25, 0.3) is 11.1 Å². The van der Waals surface area contributed by atoms with Crippen molar-refractivity contribution in [3.8, 4) is 11.1 Å². The molecule has 4 N–H and O–H groups in total. The van der Waals surface area contributed by atoms with Crippen molar-refractivity contribution in [3.05, 3.63) is 90.2 Å². The number of rotatable bonds is 11. The lowest BCUT2D eigenvalue weighted by Crippen LogP contribution is -2.46. The summed E-state index contributed by atoms with van der Waals surface area (Å²) < 4.78 is 73.1. The van der Waals surface area contributed by atoms with Crippen LogP contribution in [-0.2, 0) is 34.5 Å². The van der Waals surface area contributed by atoms with Crippen LogP contribution >= 0.6 is 11.8 Å². The van der Waals surface area contributed by atoms with Gasteiger partial charge in [0.1, 0.15) is 17.2 Å². The summed E-state index contributed by atoms with van der Waals surface area (Å²) in [6, 6.07) is 20.4. The molecule has 0 aromatic heterocycles. The molecule has 1 saturated heterocycles. The summed E-state index contributed by atoms with van der Waals surface area (Å²) in [4.78, 5) is 25.8. The molecule has 0 spiro atoms. The molecule has 0 radical (unpaired) electrons. The zero-order valence-electron chi connectivity index (χ0n) is 25.6. The molecule has 3 aromatic rings. The standard InChI is InChI=1S/C30H34FN3O5S2.CH4O3S/c1-20(2)27(32)30(36)39-18-16-26(23-8-12-24(31)13-9-23)33-28(35)29-34(17-19-40-29)41(37,38)25-14-10-22(11-15-25)21-6-4-3-5-7-21;1-5(2,3)4/h3-15,20,26-27,29H,16-19,32H2,1-2H3,(H,33,35);1H3,(H,2,3,4). The molecule has 3 atom stereocenters. The fraction of sp³-hybridized carbons (Fsp3) is 0.355. The third kappa shape index (κ3) is 10.9. The summed E-state index contributed by atoms with van der Waals surface area (Å²) in [7, 11) is -7.63. The van der Waals surface area contributed by atoms with E-state index in [2.05, 4.69) is 5.32 Å². The maximum absolute atomic E-state index is 13.6. The van der Waals surface area contributed by atoms with E-state index in [-0.39, 0.29) is 30.4 Å². The lowest BCUT2D eigenvalue weighted by Gasteiger charge is -2.26. The summed E-state index contributed by atoms with van der Waals surface area (Å²) in [6.07, 6.45) is 0.909. The number of benzene rings is 3. The van der Waals surface area contributed by atoms with Crippen LogP contribution in [0.15, 0.2) is 83.8 Å². The Morgan fingerprint density at radius 1 is 1.00 bits per heavy atom. The Kier molecular flexibility index (Phi) is 13.3. The Labute approximate surface area is 273 Å². The van der Waals surface area contributed by atoms with E-state index < -0.39 is 55.3 Å². The van der Waals surface area contributed by atoms with Crippen molar-refractivity contribution in [1.29, 1.82) is 0 Å². The van der Waals surface area contributed by atoms with E-state index in [0.717, 1.165) is 11.1 Å². The molecule has 0 saturated carbocycles. The Morgan fingerprint density at radius 3 is 2.13 bits per heavy atom. The molecule has 15 heteroatoms. The Hall–Kier alpha value is -3.34. The van der Waals surface area contributed by atoms with Crippen LogP contribution in [0.5, 0.6) is 0 Å². The number of halogens is 1. The predicted octanol–water partition coefficient (Wildman–Crippen LogP) is 3.83. The van der Waals surface area contributed by atoms with Gasteiger partial charge in [-0.2, -0.15) is 12.7 Å². The second kappa shape index (κ2) is 16.5. The monoisotopic (exact) mass is 695 g/mol. The van der Waals surface area contributed by atoms with E-state index in [1.165, 1.54) is 40.3 Å². The molecule has 1 amide bonds. The van der Waals surface area contributed by atoms with Crippen molar-refractivity contribution in [2.24, 2.45) is 11.7 Å². The molecular formula is C31H38FN3O8S3. The highest BCUT2D eigenvalue weighted by Gasteiger charge is 2.40. The number of nitrogens with one attached hydrogen (secondary N) is 1. The molecular weight excluding hydrogens is 658 g/mol. The van der Waals surface area contributed by atoms with Gasteiger partial charge in [0.25, 0.3) is 10.1 Å². The maximum Gasteiger partial charge on any atom is 0.323 e. The molecule has 0 bridgehead atoms. The number of nitrogens with two attached hydrogens (primary N) is 1. The van der Waals surface area contributed by atoms with Crippen molar-refractivity contribution in [2.75, 3.05) is 25.2 Å². The minimum absolute atomic E-state index is 0.0326. The molecule has 4 rings (SSSR count). The number of thioether (sulfide) groups is 1. The number of amides is 1. The van der Waals surface area contributed by atoms with Gasteiger partial charge in [-0.3, -0.25) is 14.1 Å². The van der Waals surface area contributed by atoms with Crippen LogP contribution in [0, 0.1) is 11.7 Å². The van der Waals surface area contributed by atoms with Gasteiger partial charge in [0.2, 0.25) is 15.9 Å². The first-order valence-electron chi connectivity index (χ1n) is 14.3. The average molecular weight is 696 g/mol. The summed E-state index contributed by atoms with van der Waals surface area (Å²) in [5.74, 6) is -1.14. The van der Waals surface area contributed by atoms with Gasteiger partial charge in [0, 0.05) is 18.7 Å². The quantitative estimate of drug-likeness (QED) is 0.198. The minimum Gasteiger partial charge on any atom is -0.464 e. The van der Waals surface area contributed by atoms with Gasteiger partial charge in [-0.25, -0.2) is 12.8 Å². The first kappa shape index (κ1) is 37.1. The van der Waals surface area contributed by atoms with Gasteiger partial charge >= 0.3 is 5.97 Å². The van der Waals surface area contributed by atoms with Crippen LogP contribution in [0.4, 0.5) is 4.39 Å². The van der Waals surface area contributed by atoms with Crippen LogP contribution in [0.1, 0.15) is 31.9 Å². The number of carbonyl (C=O) groups is 2. The van der Waals surface area contributed by atoms with E-state index in [1.807, 2.05) is 44.2 Å². The number of esters is 1. The second-order valence-electron chi connectivity index (χ2n) is 10.8. The Balaban J connectivity index is 0.00000107. The van der Waals surface area contributed by atoms with Crippen molar-refractivity contribution in [1.82, 2.24) is 9.62 Å². The highest BCUT2D eigenvalue weighted by atomic mass is 32.2. The van der Waals surface area contributed by atoms with Crippen LogP contribution in [-0.4, -0.2) is 74.1 Å². The smallest absolute Gasteiger partial charge is 0.323 e. The molecule has 1 fully saturated rings.